The van der Waals surface area contributed by atoms with Crippen molar-refractivity contribution in [3.05, 3.63) is 30.3 Å². The number of rotatable bonds is 4. The van der Waals surface area contributed by atoms with E-state index in [-0.39, 0.29) is 17.9 Å². The third kappa shape index (κ3) is 3.24. The Hall–Kier alpha value is -2.15. The Balaban J connectivity index is 2.72. The normalized spacial score (nSPS) is 10.5. The van der Waals surface area contributed by atoms with Gasteiger partial charge in [-0.1, -0.05) is 25.1 Å². The molecule has 0 saturated carbocycles. The minimum absolute atomic E-state index is 0.0960. The number of Topliss-reactive ketones (excluding diaryl/α,β-unsaturated/α-hetero) is 1. The molecule has 0 unspecified atom stereocenters. The van der Waals surface area contributed by atoms with Gasteiger partial charge in [0.2, 0.25) is 5.71 Å². The summed E-state index contributed by atoms with van der Waals surface area (Å²) in [6.07, 6.45) is 0.281. The van der Waals surface area contributed by atoms with E-state index in [1.54, 1.807) is 25.1 Å². The molecule has 0 aromatic heterocycles. The summed E-state index contributed by atoms with van der Waals surface area (Å²) in [6.45, 7) is 1.69. The second kappa shape index (κ2) is 5.55. The molecule has 0 radical (unpaired) electrons. The van der Waals surface area contributed by atoms with Gasteiger partial charge in [-0.2, -0.15) is 10.4 Å². The van der Waals surface area contributed by atoms with Gasteiger partial charge in [0.05, 0.1) is 5.69 Å². The molecule has 4 heteroatoms. The van der Waals surface area contributed by atoms with E-state index in [2.05, 4.69) is 10.5 Å². The van der Waals surface area contributed by atoms with Gasteiger partial charge < -0.3 is 0 Å². The molecule has 1 rings (SSSR count). The lowest BCUT2D eigenvalue weighted by Crippen LogP contribution is -2.12. The third-order valence-corrected chi connectivity index (χ3v) is 1.76. The Kier molecular flexibility index (Phi) is 4.05. The number of hydrogen-bond acceptors (Lipinski definition) is 4. The molecule has 0 aliphatic heterocycles. The van der Waals surface area contributed by atoms with Crippen LogP contribution in [-0.4, -0.2) is 11.5 Å². The number of benzene rings is 1. The van der Waals surface area contributed by atoms with Crippen molar-refractivity contribution in [3.8, 4) is 6.07 Å². The summed E-state index contributed by atoms with van der Waals surface area (Å²) in [5.74, 6) is -0.263. The Labute approximate surface area is 88.2 Å². The summed E-state index contributed by atoms with van der Waals surface area (Å²) >= 11 is 0. The Morgan fingerprint density at radius 2 is 2.13 bits per heavy atom. The monoisotopic (exact) mass is 201 g/mol. The van der Waals surface area contributed by atoms with E-state index in [4.69, 9.17) is 5.26 Å². The van der Waals surface area contributed by atoms with Crippen LogP contribution in [-0.2, 0) is 4.79 Å². The molecule has 0 fully saturated rings. The molecule has 15 heavy (non-hydrogen) atoms. The predicted octanol–water partition coefficient (Wildman–Crippen LogP) is 1.96. The number of hydrogen-bond donors (Lipinski definition) is 1. The fraction of sp³-hybridized carbons (Fsp3) is 0.182. The van der Waals surface area contributed by atoms with Gasteiger partial charge in [-0.15, -0.1) is 0 Å². The van der Waals surface area contributed by atoms with Crippen molar-refractivity contribution in [2.24, 2.45) is 5.10 Å². The molecule has 0 atom stereocenters. The van der Waals surface area contributed by atoms with Gasteiger partial charge >= 0.3 is 0 Å². The predicted molar refractivity (Wildman–Crippen MR) is 58.4 cm³/mol. The van der Waals surface area contributed by atoms with Gasteiger partial charge in [-0.05, 0) is 12.1 Å². The van der Waals surface area contributed by atoms with Crippen molar-refractivity contribution >= 4 is 17.2 Å². The zero-order chi connectivity index (χ0) is 11.1. The first kappa shape index (κ1) is 10.9. The summed E-state index contributed by atoms with van der Waals surface area (Å²) in [5.41, 5.74) is 3.30. The van der Waals surface area contributed by atoms with Crippen molar-refractivity contribution in [2.45, 2.75) is 13.3 Å². The first-order valence-electron chi connectivity index (χ1n) is 4.60. The maximum atomic E-state index is 11.2. The number of nitriles is 1. The molecule has 0 bridgehead atoms. The van der Waals surface area contributed by atoms with Crippen LogP contribution in [0.2, 0.25) is 0 Å². The first-order valence-corrected chi connectivity index (χ1v) is 4.60. The van der Waals surface area contributed by atoms with E-state index in [0.717, 1.165) is 5.69 Å². The van der Waals surface area contributed by atoms with Crippen LogP contribution in [0.5, 0.6) is 0 Å². The van der Waals surface area contributed by atoms with E-state index >= 15 is 0 Å². The second-order valence-corrected chi connectivity index (χ2v) is 2.83. The van der Waals surface area contributed by atoms with Crippen LogP contribution < -0.4 is 5.43 Å². The molecule has 1 aromatic rings. The highest BCUT2D eigenvalue weighted by atomic mass is 16.1. The third-order valence-electron chi connectivity index (χ3n) is 1.76. The molecule has 0 aliphatic carbocycles. The van der Waals surface area contributed by atoms with Crippen LogP contribution in [0.4, 0.5) is 5.69 Å². The average Bonchev–Trinajstić information content (AvgIpc) is 2.31. The average molecular weight is 201 g/mol. The number of ketones is 1. The molecular formula is C11H11N3O. The number of anilines is 1. The van der Waals surface area contributed by atoms with Crippen molar-refractivity contribution in [2.75, 3.05) is 5.43 Å². The minimum Gasteiger partial charge on any atom is -0.292 e. The summed E-state index contributed by atoms with van der Waals surface area (Å²) in [4.78, 5) is 11.2. The fourth-order valence-corrected chi connectivity index (χ4v) is 0.950. The zero-order valence-corrected chi connectivity index (χ0v) is 8.40. The van der Waals surface area contributed by atoms with Crippen molar-refractivity contribution in [1.29, 1.82) is 5.26 Å². The molecule has 1 N–H and O–H groups in total. The first-order chi connectivity index (χ1) is 7.27. The minimum atomic E-state index is -0.263. The maximum Gasteiger partial charge on any atom is 0.203 e. The number of nitrogens with one attached hydrogen (secondary N) is 1. The van der Waals surface area contributed by atoms with Crippen LogP contribution in [0, 0.1) is 11.3 Å². The van der Waals surface area contributed by atoms with Crippen LogP contribution in [0.25, 0.3) is 0 Å². The van der Waals surface area contributed by atoms with Crippen LogP contribution in [0.1, 0.15) is 13.3 Å². The smallest absolute Gasteiger partial charge is 0.203 e. The number of carbonyl (C=O) groups excluding carboxylic acids is 1. The highest BCUT2D eigenvalue weighted by molar-refractivity contribution is 6.46. The lowest BCUT2D eigenvalue weighted by Gasteiger charge is -1.99. The SMILES string of the molecule is CCC(=O)/C(C#N)=N/Nc1ccccc1. The molecule has 76 valence electrons. The van der Waals surface area contributed by atoms with E-state index in [9.17, 15) is 4.79 Å². The van der Waals surface area contributed by atoms with Crippen molar-refractivity contribution in [3.63, 3.8) is 0 Å². The molecule has 0 saturated heterocycles. The van der Waals surface area contributed by atoms with Crippen LogP contribution in [0.3, 0.4) is 0 Å². The standard InChI is InChI=1S/C11H11N3O/c1-2-11(15)10(8-12)14-13-9-6-4-3-5-7-9/h3-7,13H,2H2,1H3/b14-10+. The largest absolute Gasteiger partial charge is 0.292 e. The van der Waals surface area contributed by atoms with Gasteiger partial charge in [-0.3, -0.25) is 10.2 Å². The Morgan fingerprint density at radius 3 is 2.67 bits per heavy atom. The number of nitrogens with zero attached hydrogens (tertiary/aromatic N) is 2. The van der Waals surface area contributed by atoms with Gasteiger partial charge in [0.15, 0.2) is 5.78 Å². The highest BCUT2D eigenvalue weighted by Gasteiger charge is 2.07. The highest BCUT2D eigenvalue weighted by Crippen LogP contribution is 2.04. The Morgan fingerprint density at radius 1 is 1.47 bits per heavy atom. The fourth-order valence-electron chi connectivity index (χ4n) is 0.950. The lowest BCUT2D eigenvalue weighted by molar-refractivity contribution is -0.112. The van der Waals surface area contributed by atoms with Gasteiger partial charge in [0.25, 0.3) is 0 Å². The Bertz CT molecular complexity index is 404. The molecule has 4 nitrogen and oxygen atoms in total. The molecule has 1 aromatic carbocycles. The van der Waals surface area contributed by atoms with Crippen LogP contribution >= 0.6 is 0 Å². The van der Waals surface area contributed by atoms with E-state index < -0.39 is 0 Å². The van der Waals surface area contributed by atoms with E-state index in [1.165, 1.54) is 0 Å². The summed E-state index contributed by atoms with van der Waals surface area (Å²) in [7, 11) is 0. The summed E-state index contributed by atoms with van der Waals surface area (Å²) in [5, 5.41) is 12.4. The summed E-state index contributed by atoms with van der Waals surface area (Å²) < 4.78 is 0. The molecule has 0 spiro atoms. The summed E-state index contributed by atoms with van der Waals surface area (Å²) in [6, 6.07) is 10.9. The van der Waals surface area contributed by atoms with Crippen molar-refractivity contribution in [1.82, 2.24) is 0 Å². The molecule has 0 aliphatic rings. The number of carbonyl (C=O) groups is 1. The van der Waals surface area contributed by atoms with Crippen LogP contribution in [0.15, 0.2) is 35.4 Å². The zero-order valence-electron chi connectivity index (χ0n) is 8.40. The molecule has 0 amide bonds. The number of hydrazone groups is 1. The van der Waals surface area contributed by atoms with Gasteiger partial charge in [0, 0.05) is 6.42 Å². The lowest BCUT2D eigenvalue weighted by atomic mass is 10.2. The van der Waals surface area contributed by atoms with E-state index in [0.29, 0.717) is 0 Å². The number of para-hydroxylation sites is 1. The van der Waals surface area contributed by atoms with Gasteiger partial charge in [-0.25, -0.2) is 0 Å². The maximum absolute atomic E-state index is 11.2. The molecular weight excluding hydrogens is 190 g/mol. The second-order valence-electron chi connectivity index (χ2n) is 2.83. The van der Waals surface area contributed by atoms with Gasteiger partial charge in [0.1, 0.15) is 6.07 Å². The van der Waals surface area contributed by atoms with Crippen molar-refractivity contribution < 1.29 is 4.79 Å². The molecule has 0 heterocycles. The van der Waals surface area contributed by atoms with E-state index in [1.807, 2.05) is 18.2 Å². The quantitative estimate of drug-likeness (QED) is 0.598. The topological polar surface area (TPSA) is 65.2 Å².